The van der Waals surface area contributed by atoms with Gasteiger partial charge in [0.1, 0.15) is 6.17 Å². The molecule has 90 valence electrons. The highest BCUT2D eigenvalue weighted by Gasteiger charge is 2.13. The van der Waals surface area contributed by atoms with Crippen LogP contribution < -0.4 is 10.6 Å². The summed E-state index contributed by atoms with van der Waals surface area (Å²) in [6.45, 7) is 4.24. The maximum Gasteiger partial charge on any atom is 0.406 e. The van der Waals surface area contributed by atoms with Gasteiger partial charge >= 0.3 is 6.09 Å². The molecule has 0 bridgehead atoms. The molecule has 1 aromatic rings. The van der Waals surface area contributed by atoms with Gasteiger partial charge in [0.15, 0.2) is 0 Å². The summed E-state index contributed by atoms with van der Waals surface area (Å²) < 4.78 is 0. The van der Waals surface area contributed by atoms with Gasteiger partial charge in [-0.1, -0.05) is 35.2 Å². The fourth-order valence-corrected chi connectivity index (χ4v) is 1.71. The zero-order chi connectivity index (χ0) is 12.8. The van der Waals surface area contributed by atoms with Crippen molar-refractivity contribution in [1.82, 2.24) is 10.6 Å². The number of hydrogen-bond donors (Lipinski definition) is 3. The molecule has 0 spiro atoms. The van der Waals surface area contributed by atoms with Gasteiger partial charge in [-0.05, 0) is 19.4 Å². The summed E-state index contributed by atoms with van der Waals surface area (Å²) >= 11 is 0. The number of nitrogens with one attached hydrogen (secondary N) is 2. The highest BCUT2D eigenvalue weighted by molar-refractivity contribution is 5.65. The monoisotopic (exact) mass is 232 g/mol. The lowest BCUT2D eigenvalue weighted by Crippen LogP contribution is -2.37. The summed E-state index contributed by atoms with van der Waals surface area (Å²) in [5.74, 6) is 2.43. The average Bonchev–Trinajstić information content (AvgIpc) is 2.22. The van der Waals surface area contributed by atoms with Crippen molar-refractivity contribution in [3.05, 3.63) is 34.9 Å². The second-order valence-corrected chi connectivity index (χ2v) is 3.89. The topological polar surface area (TPSA) is 61.4 Å². The van der Waals surface area contributed by atoms with E-state index in [1.54, 1.807) is 0 Å². The van der Waals surface area contributed by atoms with E-state index in [2.05, 4.69) is 16.6 Å². The molecule has 1 atom stereocenters. The molecule has 1 rings (SSSR count). The van der Waals surface area contributed by atoms with Gasteiger partial charge in [-0.3, -0.25) is 5.32 Å². The van der Waals surface area contributed by atoms with E-state index in [4.69, 9.17) is 11.5 Å². The minimum absolute atomic E-state index is 0.304. The van der Waals surface area contributed by atoms with E-state index in [0.29, 0.717) is 6.54 Å². The Balaban J connectivity index is 2.94. The molecule has 17 heavy (non-hydrogen) atoms. The van der Waals surface area contributed by atoms with Gasteiger partial charge in [-0.15, -0.1) is 6.42 Å². The van der Waals surface area contributed by atoms with Crippen LogP contribution in [0, 0.1) is 26.2 Å². The molecular weight excluding hydrogens is 216 g/mol. The van der Waals surface area contributed by atoms with Gasteiger partial charge < -0.3 is 10.4 Å². The molecule has 4 heteroatoms. The van der Waals surface area contributed by atoms with Crippen molar-refractivity contribution in [1.29, 1.82) is 0 Å². The van der Waals surface area contributed by atoms with Crippen molar-refractivity contribution in [2.24, 2.45) is 0 Å². The van der Waals surface area contributed by atoms with Crippen molar-refractivity contribution in [2.45, 2.75) is 20.0 Å². The van der Waals surface area contributed by atoms with E-state index in [1.165, 1.54) is 0 Å². The fourth-order valence-electron chi connectivity index (χ4n) is 1.71. The SMILES string of the molecule is C#CCNC(NC(=O)O)c1cc(C)cc(C)c1. The third-order valence-corrected chi connectivity index (χ3v) is 2.25. The molecule has 4 nitrogen and oxygen atoms in total. The predicted molar refractivity (Wildman–Crippen MR) is 66.7 cm³/mol. The number of terminal acetylenes is 1. The predicted octanol–water partition coefficient (Wildman–Crippen LogP) is 1.79. The Morgan fingerprint density at radius 3 is 2.47 bits per heavy atom. The first-order chi connectivity index (χ1) is 8.02. The highest BCUT2D eigenvalue weighted by Crippen LogP contribution is 2.15. The maximum atomic E-state index is 10.7. The van der Waals surface area contributed by atoms with Crippen LogP contribution in [0.4, 0.5) is 4.79 Å². The maximum absolute atomic E-state index is 10.7. The molecule has 0 radical (unpaired) electrons. The zero-order valence-corrected chi connectivity index (χ0v) is 9.95. The van der Waals surface area contributed by atoms with E-state index in [-0.39, 0.29) is 0 Å². The zero-order valence-electron chi connectivity index (χ0n) is 9.95. The minimum atomic E-state index is -1.08. The third-order valence-electron chi connectivity index (χ3n) is 2.25. The Morgan fingerprint density at radius 1 is 1.41 bits per heavy atom. The molecule has 1 amide bonds. The second kappa shape index (κ2) is 5.92. The molecule has 0 saturated heterocycles. The first-order valence-electron chi connectivity index (χ1n) is 5.27. The Labute approximate surface area is 101 Å². The summed E-state index contributed by atoms with van der Waals surface area (Å²) in [7, 11) is 0. The van der Waals surface area contributed by atoms with Crippen molar-refractivity contribution in [2.75, 3.05) is 6.54 Å². The lowest BCUT2D eigenvalue weighted by atomic mass is 10.1. The van der Waals surface area contributed by atoms with Gasteiger partial charge in [-0.2, -0.15) is 0 Å². The standard InChI is InChI=1S/C13H16N2O2/c1-4-5-14-12(15-13(16)17)11-7-9(2)6-10(3)8-11/h1,6-8,12,14-15H,5H2,2-3H3,(H,16,17). The second-order valence-electron chi connectivity index (χ2n) is 3.89. The first-order valence-corrected chi connectivity index (χ1v) is 5.27. The van der Waals surface area contributed by atoms with Crippen molar-refractivity contribution in [3.8, 4) is 12.3 Å². The van der Waals surface area contributed by atoms with Crippen LogP contribution in [0.2, 0.25) is 0 Å². The van der Waals surface area contributed by atoms with Gasteiger partial charge in [-0.25, -0.2) is 4.79 Å². The normalized spacial score (nSPS) is 11.6. The summed E-state index contributed by atoms with van der Waals surface area (Å²) in [5.41, 5.74) is 3.03. The number of aryl methyl sites for hydroxylation is 2. The Hall–Kier alpha value is -1.99. The van der Waals surface area contributed by atoms with Crippen LogP contribution >= 0.6 is 0 Å². The van der Waals surface area contributed by atoms with Crippen LogP contribution in [-0.2, 0) is 0 Å². The summed E-state index contributed by atoms with van der Waals surface area (Å²) in [5, 5.41) is 14.1. The molecule has 0 aliphatic heterocycles. The molecule has 1 unspecified atom stereocenters. The van der Waals surface area contributed by atoms with Crippen LogP contribution in [-0.4, -0.2) is 17.7 Å². The average molecular weight is 232 g/mol. The van der Waals surface area contributed by atoms with Gasteiger partial charge in [0.2, 0.25) is 0 Å². The molecule has 0 heterocycles. The van der Waals surface area contributed by atoms with Crippen LogP contribution in [0.25, 0.3) is 0 Å². The van der Waals surface area contributed by atoms with Gasteiger partial charge in [0.25, 0.3) is 0 Å². The quantitative estimate of drug-likeness (QED) is 0.548. The molecule has 0 aliphatic rings. The van der Waals surface area contributed by atoms with E-state index in [1.807, 2.05) is 32.0 Å². The molecule has 1 aromatic carbocycles. The lowest BCUT2D eigenvalue weighted by molar-refractivity contribution is 0.187. The largest absolute Gasteiger partial charge is 0.465 e. The molecular formula is C13H16N2O2. The van der Waals surface area contributed by atoms with Gasteiger partial charge in [0.05, 0.1) is 6.54 Å². The molecule has 0 aliphatic carbocycles. The smallest absolute Gasteiger partial charge is 0.406 e. The number of amides is 1. The number of carbonyl (C=O) groups is 1. The van der Waals surface area contributed by atoms with Crippen LogP contribution in [0.15, 0.2) is 18.2 Å². The summed E-state index contributed by atoms with van der Waals surface area (Å²) in [4.78, 5) is 10.7. The summed E-state index contributed by atoms with van der Waals surface area (Å²) in [6, 6.07) is 5.89. The van der Waals surface area contributed by atoms with E-state index in [0.717, 1.165) is 16.7 Å². The third kappa shape index (κ3) is 4.17. The minimum Gasteiger partial charge on any atom is -0.465 e. The molecule has 3 N–H and O–H groups in total. The van der Waals surface area contributed by atoms with E-state index >= 15 is 0 Å². The van der Waals surface area contributed by atoms with Crippen molar-refractivity contribution >= 4 is 6.09 Å². The van der Waals surface area contributed by atoms with Crippen molar-refractivity contribution < 1.29 is 9.90 Å². The van der Waals surface area contributed by atoms with Gasteiger partial charge in [0, 0.05) is 0 Å². The van der Waals surface area contributed by atoms with E-state index in [9.17, 15) is 4.79 Å². The molecule has 0 fully saturated rings. The lowest BCUT2D eigenvalue weighted by Gasteiger charge is -2.18. The number of carboxylic acid groups (broad SMARTS) is 1. The first kappa shape index (κ1) is 13.1. The van der Waals surface area contributed by atoms with Crippen LogP contribution in [0.5, 0.6) is 0 Å². The van der Waals surface area contributed by atoms with Crippen LogP contribution in [0.1, 0.15) is 22.9 Å². The van der Waals surface area contributed by atoms with Crippen LogP contribution in [0.3, 0.4) is 0 Å². The Bertz CT molecular complexity index is 429. The number of benzene rings is 1. The summed E-state index contributed by atoms with van der Waals surface area (Å²) in [6.07, 6.45) is 3.59. The Morgan fingerprint density at radius 2 is 2.00 bits per heavy atom. The molecule has 0 saturated carbocycles. The van der Waals surface area contributed by atoms with Crippen molar-refractivity contribution in [3.63, 3.8) is 0 Å². The fraction of sp³-hybridized carbons (Fsp3) is 0.308. The number of hydrogen-bond acceptors (Lipinski definition) is 2. The van der Waals surface area contributed by atoms with E-state index < -0.39 is 12.3 Å². The number of rotatable bonds is 4. The highest BCUT2D eigenvalue weighted by atomic mass is 16.4. The Kier molecular flexibility index (Phi) is 4.56. The molecule has 0 aromatic heterocycles.